The molecule has 1 aliphatic heterocycles. The van der Waals surface area contributed by atoms with E-state index in [1.807, 2.05) is 30.3 Å². The molecule has 0 unspecified atom stereocenters. The number of ketones is 1. The van der Waals surface area contributed by atoms with Gasteiger partial charge in [0.15, 0.2) is 0 Å². The van der Waals surface area contributed by atoms with Gasteiger partial charge >= 0.3 is 0 Å². The summed E-state index contributed by atoms with van der Waals surface area (Å²) in [4.78, 5) is 21.6. The second-order valence-electron chi connectivity index (χ2n) is 7.73. The highest BCUT2D eigenvalue weighted by Gasteiger charge is 2.21. The van der Waals surface area contributed by atoms with E-state index >= 15 is 0 Å². The Bertz CT molecular complexity index is 1070. The molecule has 160 valence electrons. The number of nitrogens with zero attached hydrogens (tertiary/aromatic N) is 2. The van der Waals surface area contributed by atoms with E-state index in [2.05, 4.69) is 20.6 Å². The van der Waals surface area contributed by atoms with Crippen LogP contribution in [0.3, 0.4) is 0 Å². The Hall–Kier alpha value is -2.83. The minimum Gasteiger partial charge on any atom is -0.366 e. The second-order valence-corrected chi connectivity index (χ2v) is 8.14. The minimum absolute atomic E-state index is 0.0446. The van der Waals surface area contributed by atoms with Crippen LogP contribution < -0.4 is 10.6 Å². The van der Waals surface area contributed by atoms with E-state index in [9.17, 15) is 9.18 Å². The number of rotatable bonds is 7. The van der Waals surface area contributed by atoms with E-state index in [0.29, 0.717) is 28.8 Å². The molecule has 0 aliphatic carbocycles. The zero-order valence-electron chi connectivity index (χ0n) is 17.1. The fraction of sp³-hybridized carbons (Fsp3) is 0.292. The highest BCUT2D eigenvalue weighted by molar-refractivity contribution is 6.33. The Kier molecular flexibility index (Phi) is 6.89. The molecule has 3 heterocycles. The average molecular weight is 439 g/mol. The number of halogens is 2. The molecule has 2 N–H and O–H groups in total. The van der Waals surface area contributed by atoms with Gasteiger partial charge in [-0.05, 0) is 55.3 Å². The monoisotopic (exact) mass is 438 g/mol. The van der Waals surface area contributed by atoms with Crippen molar-refractivity contribution >= 4 is 23.2 Å². The summed E-state index contributed by atoms with van der Waals surface area (Å²) in [7, 11) is 0. The Morgan fingerprint density at radius 1 is 1.23 bits per heavy atom. The summed E-state index contributed by atoms with van der Waals surface area (Å²) in [5, 5.41) is 6.97. The van der Waals surface area contributed by atoms with Crippen molar-refractivity contribution in [3.63, 3.8) is 0 Å². The smallest absolute Gasteiger partial charge is 0.143 e. The highest BCUT2D eigenvalue weighted by atomic mass is 35.5. The van der Waals surface area contributed by atoms with E-state index in [0.717, 1.165) is 37.1 Å². The number of piperidine rings is 1. The van der Waals surface area contributed by atoms with Crippen LogP contribution in [-0.4, -0.2) is 28.8 Å². The van der Waals surface area contributed by atoms with Gasteiger partial charge in [-0.1, -0.05) is 29.8 Å². The van der Waals surface area contributed by atoms with E-state index in [4.69, 9.17) is 11.6 Å². The topological polar surface area (TPSA) is 66.9 Å². The van der Waals surface area contributed by atoms with Crippen molar-refractivity contribution in [2.24, 2.45) is 5.92 Å². The number of benzene rings is 1. The maximum Gasteiger partial charge on any atom is 0.143 e. The third-order valence-corrected chi connectivity index (χ3v) is 5.71. The van der Waals surface area contributed by atoms with Crippen LogP contribution in [0.4, 0.5) is 10.2 Å². The summed E-state index contributed by atoms with van der Waals surface area (Å²) >= 11 is 6.40. The molecule has 0 saturated carbocycles. The molecule has 0 radical (unpaired) electrons. The van der Waals surface area contributed by atoms with E-state index in [1.165, 1.54) is 12.1 Å². The Balaban J connectivity index is 1.48. The molecule has 0 spiro atoms. The molecule has 3 aromatic rings. The lowest BCUT2D eigenvalue weighted by Gasteiger charge is -2.21. The normalized spacial score (nSPS) is 16.1. The number of anilines is 1. The average Bonchev–Trinajstić information content (AvgIpc) is 2.80. The quantitative estimate of drug-likeness (QED) is 0.561. The summed E-state index contributed by atoms with van der Waals surface area (Å²) in [5.41, 5.74) is 2.93. The number of aromatic nitrogens is 2. The first kappa shape index (κ1) is 21.4. The lowest BCUT2D eigenvalue weighted by molar-refractivity contribution is -0.122. The van der Waals surface area contributed by atoms with Gasteiger partial charge in [0, 0.05) is 42.9 Å². The van der Waals surface area contributed by atoms with Crippen LogP contribution in [0.5, 0.6) is 0 Å². The minimum atomic E-state index is -0.268. The number of nitrogens with one attached hydrogen (secondary N) is 2. The van der Waals surface area contributed by atoms with Crippen molar-refractivity contribution < 1.29 is 9.18 Å². The molecule has 1 saturated heterocycles. The predicted molar refractivity (Wildman–Crippen MR) is 121 cm³/mol. The lowest BCUT2D eigenvalue weighted by Crippen LogP contribution is -2.35. The lowest BCUT2D eigenvalue weighted by atomic mass is 9.92. The summed E-state index contributed by atoms with van der Waals surface area (Å²) < 4.78 is 13.4. The fourth-order valence-corrected chi connectivity index (χ4v) is 3.95. The van der Waals surface area contributed by atoms with Gasteiger partial charge in [0.25, 0.3) is 0 Å². The largest absolute Gasteiger partial charge is 0.366 e. The maximum absolute atomic E-state index is 13.4. The molecule has 1 atom stereocenters. The summed E-state index contributed by atoms with van der Waals surface area (Å²) in [6, 6.07) is 13.9. The molecular weight excluding hydrogens is 415 g/mol. The molecule has 4 rings (SSSR count). The van der Waals surface area contributed by atoms with Crippen molar-refractivity contribution in [1.29, 1.82) is 0 Å². The van der Waals surface area contributed by atoms with Crippen molar-refractivity contribution in [2.75, 3.05) is 18.4 Å². The Morgan fingerprint density at radius 2 is 2.10 bits per heavy atom. The van der Waals surface area contributed by atoms with Crippen molar-refractivity contribution in [3.8, 4) is 11.3 Å². The predicted octanol–water partition coefficient (Wildman–Crippen LogP) is 4.66. The first-order chi connectivity index (χ1) is 15.1. The first-order valence-corrected chi connectivity index (χ1v) is 10.8. The van der Waals surface area contributed by atoms with Crippen LogP contribution in [-0.2, 0) is 17.8 Å². The molecule has 7 heteroatoms. The van der Waals surface area contributed by atoms with Crippen molar-refractivity contribution in [2.45, 2.75) is 25.8 Å². The zero-order chi connectivity index (χ0) is 21.6. The van der Waals surface area contributed by atoms with Gasteiger partial charge in [-0.3, -0.25) is 9.78 Å². The standard InChI is InChI=1S/C24H24ClFN4O/c25-21-15-28-19(12-23(31)17-5-3-9-27-14-17)11-20(21)22-7-2-8-24(30-22)29-13-16-4-1-6-18(26)10-16/h1-2,4,6-8,10-11,15,17,27H,3,5,9,12-14H2,(H,29,30)/t17-/m0/s1. The molecule has 31 heavy (non-hydrogen) atoms. The van der Waals surface area contributed by atoms with Gasteiger partial charge < -0.3 is 10.6 Å². The third-order valence-electron chi connectivity index (χ3n) is 5.41. The molecule has 5 nitrogen and oxygen atoms in total. The maximum atomic E-state index is 13.4. The van der Waals surface area contributed by atoms with Crippen LogP contribution in [0.2, 0.25) is 5.02 Å². The molecular formula is C24H24ClFN4O. The second kappa shape index (κ2) is 9.98. The van der Waals surface area contributed by atoms with Gasteiger partial charge in [-0.15, -0.1) is 0 Å². The number of pyridine rings is 2. The number of carbonyl (C=O) groups excluding carboxylic acids is 1. The summed E-state index contributed by atoms with van der Waals surface area (Å²) in [5.74, 6) is 0.630. The van der Waals surface area contributed by atoms with Gasteiger partial charge in [0.1, 0.15) is 17.4 Å². The molecule has 1 aliphatic rings. The van der Waals surface area contributed by atoms with E-state index < -0.39 is 0 Å². The highest BCUT2D eigenvalue weighted by Crippen LogP contribution is 2.28. The van der Waals surface area contributed by atoms with Crippen LogP contribution >= 0.6 is 11.6 Å². The first-order valence-electron chi connectivity index (χ1n) is 10.4. The van der Waals surface area contributed by atoms with Crippen LogP contribution in [0.15, 0.2) is 54.7 Å². The number of hydrogen-bond donors (Lipinski definition) is 2. The van der Waals surface area contributed by atoms with E-state index in [-0.39, 0.29) is 23.9 Å². The number of Topliss-reactive ketones (excluding diaryl/α,β-unsaturated/α-hetero) is 1. The third kappa shape index (κ3) is 5.66. The van der Waals surface area contributed by atoms with Gasteiger partial charge in [-0.2, -0.15) is 0 Å². The summed E-state index contributed by atoms with van der Waals surface area (Å²) in [6.07, 6.45) is 3.81. The molecule has 0 bridgehead atoms. The zero-order valence-corrected chi connectivity index (χ0v) is 17.8. The Morgan fingerprint density at radius 3 is 2.90 bits per heavy atom. The SMILES string of the molecule is O=C(Cc1cc(-c2cccc(NCc3cccc(F)c3)n2)c(Cl)cn1)[C@H]1CCCNC1. The van der Waals surface area contributed by atoms with Crippen LogP contribution in [0.25, 0.3) is 11.3 Å². The summed E-state index contributed by atoms with van der Waals surface area (Å²) in [6.45, 7) is 2.16. The molecule has 2 aromatic heterocycles. The number of carbonyl (C=O) groups is 1. The Labute approximate surface area is 186 Å². The number of hydrogen-bond acceptors (Lipinski definition) is 5. The van der Waals surface area contributed by atoms with Gasteiger partial charge in [0.2, 0.25) is 0 Å². The van der Waals surface area contributed by atoms with Crippen LogP contribution in [0, 0.1) is 11.7 Å². The van der Waals surface area contributed by atoms with E-state index in [1.54, 1.807) is 12.3 Å². The molecule has 1 fully saturated rings. The van der Waals surface area contributed by atoms with Crippen molar-refractivity contribution in [1.82, 2.24) is 15.3 Å². The van der Waals surface area contributed by atoms with Crippen molar-refractivity contribution in [3.05, 3.63) is 76.8 Å². The molecule has 0 amide bonds. The van der Waals surface area contributed by atoms with Gasteiger partial charge in [0.05, 0.1) is 10.7 Å². The molecule has 1 aromatic carbocycles. The van der Waals surface area contributed by atoms with Crippen LogP contribution in [0.1, 0.15) is 24.1 Å². The van der Waals surface area contributed by atoms with Gasteiger partial charge in [-0.25, -0.2) is 9.37 Å². The fourth-order valence-electron chi connectivity index (χ4n) is 3.75.